The van der Waals surface area contributed by atoms with Gasteiger partial charge in [0.25, 0.3) is 0 Å². The number of hydrogen-bond donors (Lipinski definition) is 0. The van der Waals surface area contributed by atoms with Crippen molar-refractivity contribution in [3.8, 4) is 0 Å². The van der Waals surface area contributed by atoms with E-state index in [1.54, 1.807) is 6.08 Å². The van der Waals surface area contributed by atoms with Crippen molar-refractivity contribution < 1.29 is 0 Å². The van der Waals surface area contributed by atoms with Gasteiger partial charge >= 0.3 is 0 Å². The molecule has 1 aromatic rings. The summed E-state index contributed by atoms with van der Waals surface area (Å²) in [6.45, 7) is 9.73. The maximum absolute atomic E-state index is 4.40. The third kappa shape index (κ3) is 3.65. The average Bonchev–Trinajstić information content (AvgIpc) is 2.31. The van der Waals surface area contributed by atoms with Gasteiger partial charge < -0.3 is 0 Å². The second-order valence-corrected chi connectivity index (χ2v) is 3.37. The second-order valence-electron chi connectivity index (χ2n) is 3.37. The molecular weight excluding hydrogens is 196 g/mol. The van der Waals surface area contributed by atoms with Crippen molar-refractivity contribution in [1.82, 2.24) is 0 Å². The Kier molecular flexibility index (Phi) is 4.93. The lowest BCUT2D eigenvalue weighted by molar-refractivity contribution is 1.06. The van der Waals surface area contributed by atoms with E-state index in [-0.39, 0.29) is 0 Å². The third-order valence-electron chi connectivity index (χ3n) is 2.12. The topological polar surface area (TPSA) is 24.7 Å². The summed E-state index contributed by atoms with van der Waals surface area (Å²) >= 11 is 0. The van der Waals surface area contributed by atoms with Crippen LogP contribution in [0.4, 0.5) is 0 Å². The van der Waals surface area contributed by atoms with Gasteiger partial charge in [-0.3, -0.25) is 4.99 Å². The van der Waals surface area contributed by atoms with Crippen LogP contribution in [0.1, 0.15) is 12.5 Å². The molecule has 1 rings (SSSR count). The summed E-state index contributed by atoms with van der Waals surface area (Å²) < 4.78 is 0. The van der Waals surface area contributed by atoms with Crippen molar-refractivity contribution in [3.63, 3.8) is 0 Å². The highest BCUT2D eigenvalue weighted by molar-refractivity contribution is 6.00. The highest BCUT2D eigenvalue weighted by Gasteiger charge is 1.97. The summed E-state index contributed by atoms with van der Waals surface area (Å²) in [7, 11) is 0. The van der Waals surface area contributed by atoms with E-state index in [1.165, 1.54) is 0 Å². The molecule has 2 nitrogen and oxygen atoms in total. The van der Waals surface area contributed by atoms with Gasteiger partial charge in [-0.2, -0.15) is 0 Å². The number of hydrogen-bond acceptors (Lipinski definition) is 1. The lowest BCUT2D eigenvalue weighted by atomic mass is 10.2. The molecule has 82 valence electrons. The normalized spacial score (nSPS) is 12.3. The highest BCUT2D eigenvalue weighted by Crippen LogP contribution is 2.04. The van der Waals surface area contributed by atoms with Crippen molar-refractivity contribution in [2.24, 2.45) is 9.98 Å². The Morgan fingerprint density at radius 2 is 2.00 bits per heavy atom. The number of nitrogens with zero attached hydrogens (tertiary/aromatic N) is 2. The maximum Gasteiger partial charge on any atom is 0.149 e. The SMILES string of the molecule is C=C/C=C(\C)C(N=C)=NCc1ccccc1. The molecule has 0 aromatic heterocycles. The molecular formula is C14H16N2. The molecule has 0 aliphatic rings. The lowest BCUT2D eigenvalue weighted by Crippen LogP contribution is -1.96. The van der Waals surface area contributed by atoms with E-state index in [9.17, 15) is 0 Å². The fourth-order valence-corrected chi connectivity index (χ4v) is 1.30. The van der Waals surface area contributed by atoms with Crippen LogP contribution in [-0.2, 0) is 6.54 Å². The lowest BCUT2D eigenvalue weighted by Gasteiger charge is -2.00. The molecule has 0 unspecified atom stereocenters. The molecule has 0 amide bonds. The minimum absolute atomic E-state index is 0.623. The van der Waals surface area contributed by atoms with Crippen LogP contribution in [0.25, 0.3) is 0 Å². The zero-order chi connectivity index (χ0) is 11.8. The first kappa shape index (κ1) is 12.1. The molecule has 2 heteroatoms. The smallest absolute Gasteiger partial charge is 0.149 e. The van der Waals surface area contributed by atoms with Gasteiger partial charge in [-0.05, 0) is 24.8 Å². The van der Waals surface area contributed by atoms with Crippen LogP contribution in [0.3, 0.4) is 0 Å². The zero-order valence-electron chi connectivity index (χ0n) is 9.56. The van der Waals surface area contributed by atoms with E-state index in [2.05, 4.69) is 23.3 Å². The minimum Gasteiger partial charge on any atom is -0.262 e. The van der Waals surface area contributed by atoms with Gasteiger partial charge in [-0.1, -0.05) is 49.1 Å². The van der Waals surface area contributed by atoms with Gasteiger partial charge in [0.15, 0.2) is 0 Å². The van der Waals surface area contributed by atoms with Crippen molar-refractivity contribution in [3.05, 3.63) is 60.2 Å². The first-order valence-corrected chi connectivity index (χ1v) is 5.12. The summed E-state index contributed by atoms with van der Waals surface area (Å²) in [4.78, 5) is 8.31. The predicted molar refractivity (Wildman–Crippen MR) is 71.1 cm³/mol. The molecule has 0 saturated carbocycles. The Balaban J connectivity index is 2.78. The van der Waals surface area contributed by atoms with E-state index in [0.717, 1.165) is 11.1 Å². The van der Waals surface area contributed by atoms with E-state index >= 15 is 0 Å². The summed E-state index contributed by atoms with van der Waals surface area (Å²) in [5, 5.41) is 0. The first-order valence-electron chi connectivity index (χ1n) is 5.12. The highest BCUT2D eigenvalue weighted by atomic mass is 14.9. The van der Waals surface area contributed by atoms with E-state index in [1.807, 2.05) is 43.3 Å². The van der Waals surface area contributed by atoms with Gasteiger partial charge in [-0.25, -0.2) is 4.99 Å². The molecule has 0 radical (unpaired) electrons. The van der Waals surface area contributed by atoms with Crippen LogP contribution < -0.4 is 0 Å². The van der Waals surface area contributed by atoms with Crippen molar-refractivity contribution in [1.29, 1.82) is 0 Å². The molecule has 0 fully saturated rings. The summed E-state index contributed by atoms with van der Waals surface area (Å²) in [6, 6.07) is 10.1. The van der Waals surface area contributed by atoms with Crippen molar-refractivity contribution in [2.45, 2.75) is 13.5 Å². The van der Waals surface area contributed by atoms with E-state index in [0.29, 0.717) is 12.4 Å². The predicted octanol–water partition coefficient (Wildman–Crippen LogP) is 3.42. The number of rotatable bonds is 4. The summed E-state index contributed by atoms with van der Waals surface area (Å²) in [5.41, 5.74) is 2.14. The van der Waals surface area contributed by atoms with Gasteiger partial charge in [-0.15, -0.1) is 0 Å². The van der Waals surface area contributed by atoms with Crippen LogP contribution in [-0.4, -0.2) is 12.6 Å². The van der Waals surface area contributed by atoms with Crippen LogP contribution >= 0.6 is 0 Å². The van der Waals surface area contributed by atoms with Gasteiger partial charge in [0.05, 0.1) is 6.54 Å². The fraction of sp³-hybridized carbons (Fsp3) is 0.143. The Bertz CT molecular complexity index is 414. The number of aliphatic imine (C=N–C) groups is 2. The molecule has 0 saturated heterocycles. The summed E-state index contributed by atoms with van der Waals surface area (Å²) in [5.74, 6) is 0.670. The van der Waals surface area contributed by atoms with Gasteiger partial charge in [0.2, 0.25) is 0 Å². The molecule has 0 bridgehead atoms. The van der Waals surface area contributed by atoms with Crippen LogP contribution in [0, 0.1) is 0 Å². The largest absolute Gasteiger partial charge is 0.262 e. The number of amidine groups is 1. The van der Waals surface area contributed by atoms with Crippen LogP contribution in [0.15, 0.2) is 64.6 Å². The molecule has 0 heterocycles. The van der Waals surface area contributed by atoms with Gasteiger partial charge in [0.1, 0.15) is 5.84 Å². The van der Waals surface area contributed by atoms with Gasteiger partial charge in [0, 0.05) is 0 Å². The molecule has 0 aliphatic carbocycles. The third-order valence-corrected chi connectivity index (χ3v) is 2.12. The molecule has 0 N–H and O–H groups in total. The van der Waals surface area contributed by atoms with E-state index < -0.39 is 0 Å². The van der Waals surface area contributed by atoms with Crippen molar-refractivity contribution in [2.75, 3.05) is 0 Å². The minimum atomic E-state index is 0.623. The number of benzene rings is 1. The Hall–Kier alpha value is -1.96. The standard InChI is InChI=1S/C14H16N2/c1-4-8-12(2)14(15-3)16-11-13-9-6-5-7-10-13/h4-10H,1,3,11H2,2H3/b12-8+,16-14?. The Morgan fingerprint density at radius 1 is 1.31 bits per heavy atom. The molecule has 1 aromatic carbocycles. The molecule has 0 aliphatic heterocycles. The monoisotopic (exact) mass is 212 g/mol. The fourth-order valence-electron chi connectivity index (χ4n) is 1.30. The Morgan fingerprint density at radius 3 is 2.56 bits per heavy atom. The first-order chi connectivity index (χ1) is 7.77. The quantitative estimate of drug-likeness (QED) is 0.415. The Labute approximate surface area is 96.8 Å². The van der Waals surface area contributed by atoms with E-state index in [4.69, 9.17) is 0 Å². The maximum atomic E-state index is 4.40. The van der Waals surface area contributed by atoms with Crippen LogP contribution in [0.2, 0.25) is 0 Å². The second kappa shape index (κ2) is 6.51. The molecule has 0 spiro atoms. The average molecular weight is 212 g/mol. The molecule has 16 heavy (non-hydrogen) atoms. The zero-order valence-corrected chi connectivity index (χ0v) is 9.56. The van der Waals surface area contributed by atoms with Crippen molar-refractivity contribution >= 4 is 12.6 Å². The summed E-state index contributed by atoms with van der Waals surface area (Å²) in [6.07, 6.45) is 3.59. The number of allylic oxidation sites excluding steroid dienone is 2. The van der Waals surface area contributed by atoms with Crippen LogP contribution in [0.5, 0.6) is 0 Å². The molecule has 0 atom stereocenters.